The average Bonchev–Trinajstić information content (AvgIpc) is 3.03. The van der Waals surface area contributed by atoms with Crippen LogP contribution in [0.5, 0.6) is 0 Å². The number of nitrogens with zero attached hydrogens (tertiary/aromatic N) is 5. The first-order valence-corrected chi connectivity index (χ1v) is 7.98. The molecule has 3 heterocycles. The molecule has 3 aromatic heterocycles. The molecule has 0 radical (unpaired) electrons. The third-order valence-corrected chi connectivity index (χ3v) is 4.14. The van der Waals surface area contributed by atoms with Crippen molar-refractivity contribution in [1.29, 1.82) is 0 Å². The van der Waals surface area contributed by atoms with E-state index in [9.17, 15) is 4.79 Å². The maximum absolute atomic E-state index is 12.3. The molecule has 0 unspecified atom stereocenters. The van der Waals surface area contributed by atoms with E-state index in [0.717, 1.165) is 27.9 Å². The molecule has 4 rings (SSSR count). The van der Waals surface area contributed by atoms with Crippen LogP contribution in [0.4, 0.5) is 0 Å². The van der Waals surface area contributed by atoms with Crippen molar-refractivity contribution in [3.05, 3.63) is 69.8 Å². The van der Waals surface area contributed by atoms with E-state index in [1.165, 1.54) is 0 Å². The summed E-state index contributed by atoms with van der Waals surface area (Å²) in [5, 5.41) is 7.67. The Labute approximate surface area is 143 Å². The molecule has 4 aromatic rings. The van der Waals surface area contributed by atoms with Crippen LogP contribution in [-0.4, -0.2) is 31.6 Å². The summed E-state index contributed by atoms with van der Waals surface area (Å²) in [4.78, 5) is 19.0. The van der Waals surface area contributed by atoms with Gasteiger partial charge in [0.15, 0.2) is 0 Å². The molecule has 25 heavy (non-hydrogen) atoms. The monoisotopic (exact) mass is 335 g/mol. The van der Waals surface area contributed by atoms with E-state index in [1.807, 2.05) is 44.3 Å². The second-order valence-corrected chi connectivity index (χ2v) is 6.23. The fourth-order valence-corrected chi connectivity index (χ4v) is 2.96. The van der Waals surface area contributed by atoms with Gasteiger partial charge in [0.25, 0.3) is 5.56 Å². The van der Waals surface area contributed by atoms with E-state index in [2.05, 4.69) is 20.2 Å². The van der Waals surface area contributed by atoms with Gasteiger partial charge in [-0.3, -0.25) is 14.1 Å². The lowest BCUT2D eigenvalue weighted by atomic mass is 10.2. The lowest BCUT2D eigenvalue weighted by Crippen LogP contribution is -2.22. The molecule has 0 aliphatic carbocycles. The van der Waals surface area contributed by atoms with E-state index in [0.29, 0.717) is 18.7 Å². The molecule has 1 aromatic carbocycles. The molecule has 0 aliphatic heterocycles. The van der Waals surface area contributed by atoms with Gasteiger partial charge in [-0.05, 0) is 53.6 Å². The van der Waals surface area contributed by atoms with Gasteiger partial charge >= 0.3 is 0 Å². The molecule has 7 nitrogen and oxygen atoms in total. The molecule has 0 amide bonds. The fourth-order valence-electron chi connectivity index (χ4n) is 2.96. The third kappa shape index (κ3) is 3.01. The van der Waals surface area contributed by atoms with Crippen molar-refractivity contribution < 1.29 is 4.63 Å². The summed E-state index contributed by atoms with van der Waals surface area (Å²) >= 11 is 0. The second-order valence-electron chi connectivity index (χ2n) is 6.23. The number of fused-ring (bicyclic) bond motifs is 2. The molecule has 0 aliphatic rings. The zero-order chi connectivity index (χ0) is 17.4. The van der Waals surface area contributed by atoms with Gasteiger partial charge in [-0.15, -0.1) is 0 Å². The smallest absolute Gasteiger partial charge is 0.258 e. The molecular weight excluding hydrogens is 318 g/mol. The van der Waals surface area contributed by atoms with Gasteiger partial charge in [0.05, 0.1) is 5.69 Å². The molecule has 0 saturated heterocycles. The van der Waals surface area contributed by atoms with E-state index in [1.54, 1.807) is 16.7 Å². The molecule has 0 bridgehead atoms. The van der Waals surface area contributed by atoms with Crippen molar-refractivity contribution in [2.45, 2.75) is 20.0 Å². The zero-order valence-electron chi connectivity index (χ0n) is 14.0. The summed E-state index contributed by atoms with van der Waals surface area (Å²) in [6.45, 7) is 3.24. The molecule has 0 spiro atoms. The molecular formula is C18H17N5O2. The molecule has 0 fully saturated rings. The number of hydrogen-bond donors (Lipinski definition) is 0. The fraction of sp³-hybridized carbons (Fsp3) is 0.222. The minimum absolute atomic E-state index is 0.0628. The van der Waals surface area contributed by atoms with Crippen LogP contribution in [-0.2, 0) is 13.1 Å². The number of aryl methyl sites for hydroxylation is 1. The standard InChI is InChI=1S/C18H17N5O2/c1-12-4-3-7-23-17(24)9-14(19-18(12)23)11-22(2)10-13-5-6-15-16(8-13)21-25-20-15/h3-9H,10-11H2,1-2H3. The molecule has 0 saturated carbocycles. The van der Waals surface area contributed by atoms with Crippen molar-refractivity contribution in [2.24, 2.45) is 0 Å². The largest absolute Gasteiger partial charge is 0.296 e. The number of pyridine rings is 1. The van der Waals surface area contributed by atoms with Gasteiger partial charge in [0, 0.05) is 25.4 Å². The van der Waals surface area contributed by atoms with Crippen LogP contribution in [0.2, 0.25) is 0 Å². The summed E-state index contributed by atoms with van der Waals surface area (Å²) in [5.74, 6) is 0. The topological polar surface area (TPSA) is 76.5 Å². The number of aromatic nitrogens is 4. The Kier molecular flexibility index (Phi) is 3.77. The first-order valence-electron chi connectivity index (χ1n) is 7.98. The second kappa shape index (κ2) is 6.10. The van der Waals surface area contributed by atoms with Crippen molar-refractivity contribution in [3.8, 4) is 0 Å². The van der Waals surface area contributed by atoms with Crippen LogP contribution < -0.4 is 5.56 Å². The van der Waals surface area contributed by atoms with Crippen molar-refractivity contribution in [2.75, 3.05) is 7.05 Å². The Hall–Kier alpha value is -3.06. The normalized spacial score (nSPS) is 11.6. The predicted octanol–water partition coefficient (Wildman–Crippen LogP) is 2.17. The van der Waals surface area contributed by atoms with Crippen LogP contribution in [0.25, 0.3) is 16.7 Å². The van der Waals surface area contributed by atoms with E-state index in [4.69, 9.17) is 4.63 Å². The Balaban J connectivity index is 1.57. The number of benzene rings is 1. The van der Waals surface area contributed by atoms with Gasteiger partial charge in [0.1, 0.15) is 16.7 Å². The SMILES string of the molecule is Cc1cccn2c(=O)cc(CN(C)Cc3ccc4nonc4c3)nc12. The summed E-state index contributed by atoms with van der Waals surface area (Å²) in [6.07, 6.45) is 1.74. The van der Waals surface area contributed by atoms with Gasteiger partial charge in [-0.2, -0.15) is 0 Å². The number of hydrogen-bond acceptors (Lipinski definition) is 6. The van der Waals surface area contributed by atoms with E-state index >= 15 is 0 Å². The van der Waals surface area contributed by atoms with Gasteiger partial charge < -0.3 is 0 Å². The van der Waals surface area contributed by atoms with Crippen molar-refractivity contribution >= 4 is 16.7 Å². The number of rotatable bonds is 4. The Bertz CT molecular complexity index is 1120. The van der Waals surface area contributed by atoms with Crippen molar-refractivity contribution in [1.82, 2.24) is 24.6 Å². The van der Waals surface area contributed by atoms with Crippen LogP contribution >= 0.6 is 0 Å². The highest BCUT2D eigenvalue weighted by molar-refractivity contribution is 5.73. The van der Waals surface area contributed by atoms with Gasteiger partial charge in [-0.1, -0.05) is 12.1 Å². The summed E-state index contributed by atoms with van der Waals surface area (Å²) in [6, 6.07) is 11.2. The highest BCUT2D eigenvalue weighted by Gasteiger charge is 2.09. The first-order chi connectivity index (χ1) is 12.1. The third-order valence-electron chi connectivity index (χ3n) is 4.14. The van der Waals surface area contributed by atoms with E-state index < -0.39 is 0 Å². The Morgan fingerprint density at radius 1 is 1.12 bits per heavy atom. The van der Waals surface area contributed by atoms with Gasteiger partial charge in [-0.25, -0.2) is 9.61 Å². The maximum atomic E-state index is 12.3. The van der Waals surface area contributed by atoms with E-state index in [-0.39, 0.29) is 5.56 Å². The van der Waals surface area contributed by atoms with Crippen LogP contribution in [0.15, 0.2) is 52.0 Å². The van der Waals surface area contributed by atoms with Crippen LogP contribution in [0.1, 0.15) is 16.8 Å². The molecule has 0 N–H and O–H groups in total. The summed E-state index contributed by atoms with van der Waals surface area (Å²) in [5.41, 5.74) is 4.95. The maximum Gasteiger partial charge on any atom is 0.258 e. The van der Waals surface area contributed by atoms with Crippen LogP contribution in [0, 0.1) is 6.92 Å². The van der Waals surface area contributed by atoms with Gasteiger partial charge in [0.2, 0.25) is 0 Å². The minimum Gasteiger partial charge on any atom is -0.296 e. The first kappa shape index (κ1) is 15.5. The summed E-state index contributed by atoms with van der Waals surface area (Å²) < 4.78 is 6.30. The lowest BCUT2D eigenvalue weighted by molar-refractivity contribution is 0.314. The average molecular weight is 335 g/mol. The predicted molar refractivity (Wildman–Crippen MR) is 93.2 cm³/mol. The van der Waals surface area contributed by atoms with Crippen molar-refractivity contribution in [3.63, 3.8) is 0 Å². The summed E-state index contributed by atoms with van der Waals surface area (Å²) in [7, 11) is 1.99. The quantitative estimate of drug-likeness (QED) is 0.569. The minimum atomic E-state index is -0.0628. The highest BCUT2D eigenvalue weighted by atomic mass is 16.6. The Morgan fingerprint density at radius 2 is 1.96 bits per heavy atom. The highest BCUT2D eigenvalue weighted by Crippen LogP contribution is 2.14. The lowest BCUT2D eigenvalue weighted by Gasteiger charge is -2.16. The molecule has 7 heteroatoms. The van der Waals surface area contributed by atoms with Crippen LogP contribution in [0.3, 0.4) is 0 Å². The molecule has 0 atom stereocenters. The molecule has 126 valence electrons. The Morgan fingerprint density at radius 3 is 2.84 bits per heavy atom. The zero-order valence-corrected chi connectivity index (χ0v) is 14.0.